The van der Waals surface area contributed by atoms with Gasteiger partial charge < -0.3 is 10.6 Å². The van der Waals surface area contributed by atoms with Crippen molar-refractivity contribution in [3.05, 3.63) is 27.8 Å². The maximum Gasteiger partial charge on any atom is 0.226 e. The second kappa shape index (κ2) is 6.70. The van der Waals surface area contributed by atoms with Gasteiger partial charge >= 0.3 is 0 Å². The van der Waals surface area contributed by atoms with Crippen molar-refractivity contribution >= 4 is 34.2 Å². The van der Waals surface area contributed by atoms with E-state index in [1.807, 2.05) is 31.3 Å². The lowest BCUT2D eigenvalue weighted by molar-refractivity contribution is -0.117. The minimum atomic E-state index is 0.00549. The van der Waals surface area contributed by atoms with Crippen molar-refractivity contribution in [2.24, 2.45) is 0 Å². The Hall–Kier alpha value is -0.620. The third-order valence-corrected chi connectivity index (χ3v) is 4.69. The largest absolute Gasteiger partial charge is 0.326 e. The normalized spacial score (nSPS) is 18.0. The number of nitrogens with one attached hydrogen (secondary N) is 2. The van der Waals surface area contributed by atoms with Crippen LogP contribution in [-0.2, 0) is 4.79 Å². The predicted molar refractivity (Wildman–Crippen MR) is 87.3 cm³/mol. The fourth-order valence-corrected chi connectivity index (χ4v) is 3.15. The summed E-state index contributed by atoms with van der Waals surface area (Å²) in [5.74, 6) is 0.109. The number of halogens is 1. The summed E-state index contributed by atoms with van der Waals surface area (Å²) in [6.45, 7) is 0. The van der Waals surface area contributed by atoms with Crippen molar-refractivity contribution in [3.63, 3.8) is 0 Å². The van der Waals surface area contributed by atoms with Crippen molar-refractivity contribution in [1.29, 1.82) is 0 Å². The number of carbonyl (C=O) groups is 1. The number of rotatable bonds is 4. The van der Waals surface area contributed by atoms with Crippen LogP contribution in [0.4, 0.5) is 5.69 Å². The highest BCUT2D eigenvalue weighted by Crippen LogP contribution is 2.31. The van der Waals surface area contributed by atoms with E-state index in [0.29, 0.717) is 6.42 Å². The highest BCUT2D eigenvalue weighted by Gasteiger charge is 2.32. The van der Waals surface area contributed by atoms with Crippen LogP contribution in [0, 0.1) is 3.57 Å². The summed E-state index contributed by atoms with van der Waals surface area (Å²) < 4.78 is 1.18. The number of anilines is 1. The first kappa shape index (κ1) is 14.8. The van der Waals surface area contributed by atoms with Crippen LogP contribution in [0.3, 0.4) is 0 Å². The number of benzene rings is 1. The van der Waals surface area contributed by atoms with Crippen LogP contribution in [0.25, 0.3) is 0 Å². The molecule has 0 saturated heterocycles. The van der Waals surface area contributed by atoms with Gasteiger partial charge in [0.25, 0.3) is 0 Å². The zero-order valence-electron chi connectivity index (χ0n) is 11.3. The minimum absolute atomic E-state index is 0.00549. The molecular weight excluding hydrogens is 351 g/mol. The van der Waals surface area contributed by atoms with E-state index in [-0.39, 0.29) is 11.4 Å². The Morgan fingerprint density at radius 3 is 2.42 bits per heavy atom. The molecule has 2 N–H and O–H groups in total. The van der Waals surface area contributed by atoms with E-state index < -0.39 is 0 Å². The molecular formula is C15H21IN2O. The second-order valence-electron chi connectivity index (χ2n) is 5.32. The van der Waals surface area contributed by atoms with Gasteiger partial charge in [0.1, 0.15) is 0 Å². The summed E-state index contributed by atoms with van der Waals surface area (Å²) in [7, 11) is 1.98. The smallest absolute Gasteiger partial charge is 0.226 e. The number of carbonyl (C=O) groups excluding carboxylic acids is 1. The summed E-state index contributed by atoms with van der Waals surface area (Å²) in [4.78, 5) is 12.2. The number of amides is 1. The molecule has 0 atom stereocenters. The Balaban J connectivity index is 1.94. The van der Waals surface area contributed by atoms with E-state index in [2.05, 4.69) is 33.2 Å². The lowest BCUT2D eigenvalue weighted by Gasteiger charge is -2.36. The summed E-state index contributed by atoms with van der Waals surface area (Å²) in [5.41, 5.74) is 0.887. The third-order valence-electron chi connectivity index (χ3n) is 3.97. The molecule has 0 aliphatic heterocycles. The van der Waals surface area contributed by atoms with Gasteiger partial charge in [0.15, 0.2) is 0 Å². The molecule has 19 heavy (non-hydrogen) atoms. The zero-order chi connectivity index (χ0) is 13.7. The molecule has 0 heterocycles. The minimum Gasteiger partial charge on any atom is -0.326 e. The molecule has 1 aromatic carbocycles. The Morgan fingerprint density at radius 1 is 1.21 bits per heavy atom. The monoisotopic (exact) mass is 372 g/mol. The molecule has 0 radical (unpaired) electrons. The van der Waals surface area contributed by atoms with E-state index in [1.54, 1.807) is 0 Å². The van der Waals surface area contributed by atoms with E-state index >= 15 is 0 Å². The maximum atomic E-state index is 12.2. The first-order valence-corrected chi connectivity index (χ1v) is 7.96. The highest BCUT2D eigenvalue weighted by molar-refractivity contribution is 14.1. The molecule has 0 bridgehead atoms. The first-order valence-electron chi connectivity index (χ1n) is 6.88. The van der Waals surface area contributed by atoms with Crippen LogP contribution in [0.5, 0.6) is 0 Å². The van der Waals surface area contributed by atoms with Crippen LogP contribution < -0.4 is 10.6 Å². The molecule has 4 heteroatoms. The van der Waals surface area contributed by atoms with Crippen LogP contribution in [0.15, 0.2) is 24.3 Å². The van der Waals surface area contributed by atoms with Crippen LogP contribution in [0.1, 0.15) is 38.5 Å². The third kappa shape index (κ3) is 4.18. The molecule has 0 spiro atoms. The van der Waals surface area contributed by atoms with Gasteiger partial charge in [0.05, 0.1) is 0 Å². The van der Waals surface area contributed by atoms with Crippen molar-refractivity contribution in [1.82, 2.24) is 5.32 Å². The van der Waals surface area contributed by atoms with E-state index in [1.165, 1.54) is 22.8 Å². The molecule has 0 aromatic heterocycles. The summed E-state index contributed by atoms with van der Waals surface area (Å²) in [6.07, 6.45) is 6.50. The van der Waals surface area contributed by atoms with E-state index in [0.717, 1.165) is 18.5 Å². The van der Waals surface area contributed by atoms with E-state index in [9.17, 15) is 4.79 Å². The predicted octanol–water partition coefficient (Wildman–Crippen LogP) is 3.54. The average Bonchev–Trinajstić information content (AvgIpc) is 2.42. The van der Waals surface area contributed by atoms with Crippen molar-refractivity contribution in [2.45, 2.75) is 44.1 Å². The van der Waals surface area contributed by atoms with Crippen molar-refractivity contribution in [3.8, 4) is 0 Å². The standard InChI is InChI=1S/C15H21IN2O/c1-17-15(9-3-2-4-10-15)11-14(19)18-13-7-5-12(16)6-8-13/h5-8,17H,2-4,9-11H2,1H3,(H,18,19). The van der Waals surface area contributed by atoms with Crippen LogP contribution in [-0.4, -0.2) is 18.5 Å². The Kier molecular flexibility index (Phi) is 5.21. The molecule has 104 valence electrons. The van der Waals surface area contributed by atoms with Gasteiger partial charge in [-0.3, -0.25) is 4.79 Å². The SMILES string of the molecule is CNC1(CC(=O)Nc2ccc(I)cc2)CCCCC1. The van der Waals surface area contributed by atoms with Gasteiger partial charge in [-0.15, -0.1) is 0 Å². The summed E-state index contributed by atoms with van der Waals surface area (Å²) in [6, 6.07) is 7.91. The maximum absolute atomic E-state index is 12.2. The van der Waals surface area contributed by atoms with Gasteiger partial charge in [-0.25, -0.2) is 0 Å². The van der Waals surface area contributed by atoms with Crippen molar-refractivity contribution in [2.75, 3.05) is 12.4 Å². The molecule has 2 rings (SSSR count). The average molecular weight is 372 g/mol. The topological polar surface area (TPSA) is 41.1 Å². The molecule has 3 nitrogen and oxygen atoms in total. The number of hydrogen-bond donors (Lipinski definition) is 2. The van der Waals surface area contributed by atoms with Crippen LogP contribution >= 0.6 is 22.6 Å². The zero-order valence-corrected chi connectivity index (χ0v) is 13.5. The fourth-order valence-electron chi connectivity index (χ4n) is 2.79. The summed E-state index contributed by atoms with van der Waals surface area (Å²) in [5, 5.41) is 6.37. The second-order valence-corrected chi connectivity index (χ2v) is 6.57. The first-order chi connectivity index (χ1) is 9.13. The number of hydrogen-bond acceptors (Lipinski definition) is 2. The highest BCUT2D eigenvalue weighted by atomic mass is 127. The van der Waals surface area contributed by atoms with E-state index in [4.69, 9.17) is 0 Å². The molecule has 1 amide bonds. The lowest BCUT2D eigenvalue weighted by Crippen LogP contribution is -2.47. The van der Waals surface area contributed by atoms with Gasteiger partial charge in [-0.1, -0.05) is 19.3 Å². The molecule has 1 aliphatic rings. The Labute approximate surface area is 128 Å². The molecule has 1 aromatic rings. The lowest BCUT2D eigenvalue weighted by atomic mass is 9.79. The molecule has 1 aliphatic carbocycles. The molecule has 0 unspecified atom stereocenters. The molecule has 1 saturated carbocycles. The van der Waals surface area contributed by atoms with Gasteiger partial charge in [0, 0.05) is 21.2 Å². The van der Waals surface area contributed by atoms with Gasteiger partial charge in [-0.2, -0.15) is 0 Å². The Bertz CT molecular complexity index is 424. The Morgan fingerprint density at radius 2 is 1.84 bits per heavy atom. The molecule has 1 fully saturated rings. The van der Waals surface area contributed by atoms with Crippen molar-refractivity contribution < 1.29 is 4.79 Å². The quantitative estimate of drug-likeness (QED) is 0.794. The fraction of sp³-hybridized carbons (Fsp3) is 0.533. The van der Waals surface area contributed by atoms with Gasteiger partial charge in [0.2, 0.25) is 5.91 Å². The van der Waals surface area contributed by atoms with Crippen LogP contribution in [0.2, 0.25) is 0 Å². The van der Waals surface area contributed by atoms with Gasteiger partial charge in [-0.05, 0) is 66.7 Å². The summed E-state index contributed by atoms with van der Waals surface area (Å²) >= 11 is 2.26.